The van der Waals surface area contributed by atoms with Crippen LogP contribution in [0.15, 0.2) is 24.3 Å². The fourth-order valence-corrected chi connectivity index (χ4v) is 4.38. The molecular formula is C21H27NO3. The van der Waals surface area contributed by atoms with Crippen LogP contribution in [-0.4, -0.2) is 17.6 Å². The van der Waals surface area contributed by atoms with Gasteiger partial charge >= 0.3 is 0 Å². The highest BCUT2D eigenvalue weighted by molar-refractivity contribution is 6.27. The summed E-state index contributed by atoms with van der Waals surface area (Å²) in [5.41, 5.74) is 1.27. The quantitative estimate of drug-likeness (QED) is 0.753. The van der Waals surface area contributed by atoms with Gasteiger partial charge in [0.2, 0.25) is 11.8 Å². The first kappa shape index (κ1) is 17.8. The molecule has 2 amide bonds. The Labute approximate surface area is 149 Å². The molecule has 1 aromatic carbocycles. The highest BCUT2D eigenvalue weighted by Gasteiger charge is 2.45. The van der Waals surface area contributed by atoms with Crippen LogP contribution in [-0.2, 0) is 14.4 Å². The SMILES string of the molecule is CCCCC1CCC(C(=O)C2C(=O)N(C(C)=O)c3ccccc32)CC1. The normalized spacial score (nSPS) is 25.8. The fraction of sp³-hybridized carbons (Fsp3) is 0.571. The molecule has 0 spiro atoms. The van der Waals surface area contributed by atoms with Crippen LogP contribution < -0.4 is 4.90 Å². The number of para-hydroxylation sites is 1. The van der Waals surface area contributed by atoms with Gasteiger partial charge in [-0.1, -0.05) is 44.4 Å². The summed E-state index contributed by atoms with van der Waals surface area (Å²) in [4.78, 5) is 39.0. The Kier molecular flexibility index (Phi) is 5.36. The van der Waals surface area contributed by atoms with Crippen LogP contribution >= 0.6 is 0 Å². The molecule has 1 atom stereocenters. The third-order valence-corrected chi connectivity index (χ3v) is 5.77. The van der Waals surface area contributed by atoms with Gasteiger partial charge in [-0.2, -0.15) is 0 Å². The summed E-state index contributed by atoms with van der Waals surface area (Å²) in [5.74, 6) is -0.800. The molecule has 0 N–H and O–H groups in total. The average molecular weight is 341 g/mol. The number of hydrogen-bond donors (Lipinski definition) is 0. The zero-order chi connectivity index (χ0) is 18.0. The summed E-state index contributed by atoms with van der Waals surface area (Å²) in [6, 6.07) is 7.20. The Bertz CT molecular complexity index is 673. The maximum Gasteiger partial charge on any atom is 0.248 e. The molecule has 4 nitrogen and oxygen atoms in total. The molecule has 1 aromatic rings. The minimum Gasteiger partial charge on any atom is -0.298 e. The van der Waals surface area contributed by atoms with Crippen LogP contribution in [0.1, 0.15) is 70.3 Å². The fourth-order valence-electron chi connectivity index (χ4n) is 4.38. The van der Waals surface area contributed by atoms with Gasteiger partial charge in [-0.25, -0.2) is 4.90 Å². The van der Waals surface area contributed by atoms with Gasteiger partial charge in [0.15, 0.2) is 5.78 Å². The van der Waals surface area contributed by atoms with Gasteiger partial charge in [-0.05, 0) is 43.2 Å². The maximum absolute atomic E-state index is 13.1. The molecule has 134 valence electrons. The lowest BCUT2D eigenvalue weighted by Gasteiger charge is -2.29. The summed E-state index contributed by atoms with van der Waals surface area (Å²) in [5, 5.41) is 0. The smallest absolute Gasteiger partial charge is 0.248 e. The van der Waals surface area contributed by atoms with E-state index in [1.54, 1.807) is 12.1 Å². The van der Waals surface area contributed by atoms with Crippen molar-refractivity contribution in [2.24, 2.45) is 11.8 Å². The lowest BCUT2D eigenvalue weighted by Crippen LogP contribution is -2.37. The highest BCUT2D eigenvalue weighted by Crippen LogP contribution is 2.42. The van der Waals surface area contributed by atoms with Gasteiger partial charge in [0.1, 0.15) is 5.92 Å². The molecule has 1 saturated carbocycles. The van der Waals surface area contributed by atoms with Gasteiger partial charge in [-0.3, -0.25) is 14.4 Å². The minimum absolute atomic E-state index is 0.00939. The second-order valence-electron chi connectivity index (χ2n) is 7.45. The largest absolute Gasteiger partial charge is 0.298 e. The van der Waals surface area contributed by atoms with Crippen LogP contribution in [0, 0.1) is 11.8 Å². The van der Waals surface area contributed by atoms with Gasteiger partial charge < -0.3 is 0 Å². The Hall–Kier alpha value is -1.97. The number of imide groups is 1. The molecule has 2 aliphatic rings. The first-order valence-corrected chi connectivity index (χ1v) is 9.51. The number of carbonyl (C=O) groups excluding carboxylic acids is 3. The highest BCUT2D eigenvalue weighted by atomic mass is 16.2. The van der Waals surface area contributed by atoms with Gasteiger partial charge in [-0.15, -0.1) is 0 Å². The monoisotopic (exact) mass is 341 g/mol. The maximum atomic E-state index is 13.1. The van der Waals surface area contributed by atoms with Crippen LogP contribution in [0.3, 0.4) is 0 Å². The van der Waals surface area contributed by atoms with Crippen LogP contribution in [0.2, 0.25) is 0 Å². The van der Waals surface area contributed by atoms with Crippen LogP contribution in [0.25, 0.3) is 0 Å². The number of ketones is 1. The molecule has 4 heteroatoms. The molecule has 1 unspecified atom stereocenters. The molecule has 25 heavy (non-hydrogen) atoms. The van der Waals surface area contributed by atoms with Crippen molar-refractivity contribution in [3.63, 3.8) is 0 Å². The molecule has 0 saturated heterocycles. The van der Waals surface area contributed by atoms with Crippen molar-refractivity contribution in [2.75, 3.05) is 4.90 Å². The number of benzene rings is 1. The van der Waals surface area contributed by atoms with E-state index in [-0.39, 0.29) is 23.5 Å². The van der Waals surface area contributed by atoms with Crippen LogP contribution in [0.4, 0.5) is 5.69 Å². The number of fused-ring (bicyclic) bond motifs is 1. The molecule has 0 radical (unpaired) electrons. The Morgan fingerprint density at radius 3 is 2.44 bits per heavy atom. The number of nitrogens with zero attached hydrogens (tertiary/aromatic N) is 1. The molecule has 1 heterocycles. The van der Waals surface area contributed by atoms with Crippen molar-refractivity contribution in [1.29, 1.82) is 0 Å². The second-order valence-corrected chi connectivity index (χ2v) is 7.45. The lowest BCUT2D eigenvalue weighted by atomic mass is 9.75. The van der Waals surface area contributed by atoms with E-state index < -0.39 is 5.92 Å². The van der Waals surface area contributed by atoms with Gasteiger partial charge in [0, 0.05) is 12.8 Å². The van der Waals surface area contributed by atoms with Crippen molar-refractivity contribution in [1.82, 2.24) is 0 Å². The minimum atomic E-state index is -0.794. The van der Waals surface area contributed by atoms with E-state index in [1.807, 2.05) is 12.1 Å². The number of unbranched alkanes of at least 4 members (excludes halogenated alkanes) is 1. The summed E-state index contributed by atoms with van der Waals surface area (Å²) < 4.78 is 0. The van der Waals surface area contributed by atoms with E-state index >= 15 is 0 Å². The zero-order valence-corrected chi connectivity index (χ0v) is 15.2. The molecule has 3 rings (SSSR count). The van der Waals surface area contributed by atoms with Crippen molar-refractivity contribution in [2.45, 2.75) is 64.7 Å². The predicted octanol–water partition coefficient (Wildman–Crippen LogP) is 4.23. The van der Waals surface area contributed by atoms with Crippen LogP contribution in [0.5, 0.6) is 0 Å². The summed E-state index contributed by atoms with van der Waals surface area (Å²) in [6.45, 7) is 3.58. The van der Waals surface area contributed by atoms with E-state index in [4.69, 9.17) is 0 Å². The first-order chi connectivity index (χ1) is 12.0. The van der Waals surface area contributed by atoms with E-state index in [0.717, 1.165) is 31.6 Å². The average Bonchev–Trinajstić information content (AvgIpc) is 2.91. The number of carbonyl (C=O) groups is 3. The Morgan fingerprint density at radius 1 is 1.12 bits per heavy atom. The molecular weight excluding hydrogens is 314 g/mol. The third kappa shape index (κ3) is 3.39. The van der Waals surface area contributed by atoms with Gasteiger partial charge in [0.05, 0.1) is 5.69 Å². The van der Waals surface area contributed by atoms with E-state index in [1.165, 1.54) is 31.1 Å². The topological polar surface area (TPSA) is 54.5 Å². The molecule has 1 aliphatic carbocycles. The molecule has 1 aliphatic heterocycles. The lowest BCUT2D eigenvalue weighted by molar-refractivity contribution is -0.132. The number of rotatable bonds is 5. The zero-order valence-electron chi connectivity index (χ0n) is 15.2. The van der Waals surface area contributed by atoms with Crippen molar-refractivity contribution >= 4 is 23.3 Å². The molecule has 0 aromatic heterocycles. The van der Waals surface area contributed by atoms with Crippen molar-refractivity contribution in [3.05, 3.63) is 29.8 Å². The first-order valence-electron chi connectivity index (χ1n) is 9.51. The van der Waals surface area contributed by atoms with Crippen molar-refractivity contribution < 1.29 is 14.4 Å². The van der Waals surface area contributed by atoms with E-state index in [2.05, 4.69) is 6.92 Å². The van der Waals surface area contributed by atoms with Gasteiger partial charge in [0.25, 0.3) is 0 Å². The second kappa shape index (κ2) is 7.51. The standard InChI is InChI=1S/C21H27NO3/c1-3-4-7-15-10-12-16(13-11-15)20(24)19-17-8-5-6-9-18(17)22(14(2)23)21(19)25/h5-6,8-9,15-16,19H,3-4,7,10-13H2,1-2H3. The predicted molar refractivity (Wildman–Crippen MR) is 97.3 cm³/mol. The molecule has 0 bridgehead atoms. The number of amides is 2. The number of anilines is 1. The molecule has 1 fully saturated rings. The van der Waals surface area contributed by atoms with E-state index in [9.17, 15) is 14.4 Å². The number of Topliss-reactive ketones (excluding diaryl/α,β-unsaturated/α-hetero) is 1. The summed E-state index contributed by atoms with van der Waals surface area (Å²) in [7, 11) is 0. The Balaban J connectivity index is 1.75. The summed E-state index contributed by atoms with van der Waals surface area (Å²) >= 11 is 0. The number of hydrogen-bond acceptors (Lipinski definition) is 3. The Morgan fingerprint density at radius 2 is 1.80 bits per heavy atom. The summed E-state index contributed by atoms with van der Waals surface area (Å²) in [6.07, 6.45) is 7.63. The third-order valence-electron chi connectivity index (χ3n) is 5.77. The van der Waals surface area contributed by atoms with E-state index in [0.29, 0.717) is 11.3 Å². The van der Waals surface area contributed by atoms with Crippen molar-refractivity contribution in [3.8, 4) is 0 Å².